The molecule has 1 rings (SSSR count). The standard InChI is InChI=1S/C45H81O11P/c1-3-5-7-8-9-10-11-12-13-14-15-16-17-18-19-20-21-22-27-31-44(49)54-36-39(37-55-57(51,52)53)56-45(50)32-28-24-23-26-30-40-41(43(48)35-42(40)47)34-33-38(46)29-25-6-4-2/h9-10,12-13,33-34,38-43,46-48H,3-8,11,14-32,35-37H2,1-2H3,(H2,51,52,53)/b10-9-,13-12-,34-33+/t38-,39+,40+,41+,42-,43+/m0/s1. The van der Waals surface area contributed by atoms with Crippen molar-refractivity contribution in [2.24, 2.45) is 11.8 Å². The van der Waals surface area contributed by atoms with Gasteiger partial charge in [-0.25, -0.2) is 4.57 Å². The Morgan fingerprint density at radius 1 is 0.684 bits per heavy atom. The fourth-order valence-electron chi connectivity index (χ4n) is 7.32. The average Bonchev–Trinajstić information content (AvgIpc) is 3.44. The Kier molecular flexibility index (Phi) is 32.6. The maximum absolute atomic E-state index is 12.6. The van der Waals surface area contributed by atoms with Crippen molar-refractivity contribution in [1.29, 1.82) is 0 Å². The number of hydrogen-bond donors (Lipinski definition) is 5. The molecule has 1 aliphatic carbocycles. The van der Waals surface area contributed by atoms with Crippen LogP contribution >= 0.6 is 7.82 Å². The van der Waals surface area contributed by atoms with Gasteiger partial charge in [0, 0.05) is 25.2 Å². The summed E-state index contributed by atoms with van der Waals surface area (Å²) in [5.41, 5.74) is 0. The minimum Gasteiger partial charge on any atom is -0.462 e. The predicted molar refractivity (Wildman–Crippen MR) is 227 cm³/mol. The van der Waals surface area contributed by atoms with Crippen LogP contribution in [0, 0.1) is 11.8 Å². The largest absolute Gasteiger partial charge is 0.469 e. The van der Waals surface area contributed by atoms with Gasteiger partial charge in [0.2, 0.25) is 0 Å². The van der Waals surface area contributed by atoms with Gasteiger partial charge in [0.05, 0.1) is 24.9 Å². The van der Waals surface area contributed by atoms with E-state index >= 15 is 0 Å². The number of hydrogen-bond acceptors (Lipinski definition) is 9. The summed E-state index contributed by atoms with van der Waals surface area (Å²) < 4.78 is 26.5. The van der Waals surface area contributed by atoms with Crippen molar-refractivity contribution in [2.75, 3.05) is 13.2 Å². The molecule has 12 heteroatoms. The molecule has 332 valence electrons. The van der Waals surface area contributed by atoms with E-state index in [9.17, 15) is 29.5 Å². The number of rotatable bonds is 37. The number of aliphatic hydroxyl groups excluding tert-OH is 3. The SMILES string of the molecule is CCCCC/C=C\C/C=C\CCCCCCCCCCCC(=O)OC[C@H](COP(=O)(O)O)OC(=O)CCCCCC[C@@H]1[C@@H](/C=C/[C@@H](O)CCCCC)[C@H](O)C[C@@H]1O. The van der Waals surface area contributed by atoms with Crippen LogP contribution in [0.3, 0.4) is 0 Å². The Hall–Kier alpha value is -1.85. The molecular formula is C45H81O11P. The first-order valence-electron chi connectivity index (χ1n) is 22.5. The first kappa shape index (κ1) is 53.2. The zero-order valence-corrected chi connectivity index (χ0v) is 36.5. The number of carbonyl (C=O) groups is 2. The van der Waals surface area contributed by atoms with Crippen molar-refractivity contribution >= 4 is 19.8 Å². The molecule has 0 unspecified atom stereocenters. The van der Waals surface area contributed by atoms with E-state index in [2.05, 4.69) is 42.7 Å². The maximum Gasteiger partial charge on any atom is 0.469 e. The molecule has 57 heavy (non-hydrogen) atoms. The van der Waals surface area contributed by atoms with Gasteiger partial charge >= 0.3 is 19.8 Å². The van der Waals surface area contributed by atoms with E-state index in [1.54, 1.807) is 6.08 Å². The Morgan fingerprint density at radius 3 is 1.84 bits per heavy atom. The summed E-state index contributed by atoms with van der Waals surface area (Å²) in [5.74, 6) is -1.33. The molecule has 11 nitrogen and oxygen atoms in total. The Bertz CT molecular complexity index is 1140. The minimum atomic E-state index is -4.82. The molecule has 0 spiro atoms. The van der Waals surface area contributed by atoms with Gasteiger partial charge in [-0.15, -0.1) is 0 Å². The average molecular weight is 829 g/mol. The van der Waals surface area contributed by atoms with Crippen LogP contribution in [0.2, 0.25) is 0 Å². The Morgan fingerprint density at radius 2 is 1.23 bits per heavy atom. The predicted octanol–water partition coefficient (Wildman–Crippen LogP) is 10.1. The van der Waals surface area contributed by atoms with Gasteiger partial charge in [-0.05, 0) is 63.7 Å². The van der Waals surface area contributed by atoms with Crippen LogP contribution in [0.25, 0.3) is 0 Å². The molecular weight excluding hydrogens is 747 g/mol. The van der Waals surface area contributed by atoms with E-state index in [1.807, 2.05) is 6.08 Å². The highest BCUT2D eigenvalue weighted by atomic mass is 31.2. The topological polar surface area (TPSA) is 180 Å². The van der Waals surface area contributed by atoms with Crippen LogP contribution in [-0.4, -0.2) is 74.7 Å². The molecule has 6 atom stereocenters. The monoisotopic (exact) mass is 829 g/mol. The number of phosphoric ester groups is 1. The second kappa shape index (κ2) is 35.0. The summed E-state index contributed by atoms with van der Waals surface area (Å²) in [4.78, 5) is 43.2. The second-order valence-electron chi connectivity index (χ2n) is 16.0. The second-order valence-corrected chi connectivity index (χ2v) is 17.2. The molecule has 0 radical (unpaired) electrons. The molecule has 5 N–H and O–H groups in total. The number of allylic oxidation sites excluding steroid dienone is 4. The lowest BCUT2D eigenvalue weighted by Gasteiger charge is -2.21. The number of carbonyl (C=O) groups excluding carboxylic acids is 2. The van der Waals surface area contributed by atoms with Gasteiger partial charge in [0.1, 0.15) is 6.61 Å². The van der Waals surface area contributed by atoms with Crippen LogP contribution in [0.4, 0.5) is 0 Å². The molecule has 1 fully saturated rings. The third-order valence-electron chi connectivity index (χ3n) is 10.7. The number of esters is 2. The summed E-state index contributed by atoms with van der Waals surface area (Å²) in [6, 6.07) is 0. The van der Waals surface area contributed by atoms with Crippen molar-refractivity contribution in [3.05, 3.63) is 36.5 Å². The van der Waals surface area contributed by atoms with Crippen molar-refractivity contribution in [1.82, 2.24) is 0 Å². The van der Waals surface area contributed by atoms with E-state index in [0.717, 1.165) is 70.6 Å². The van der Waals surface area contributed by atoms with Crippen LogP contribution in [0.15, 0.2) is 36.5 Å². The fourth-order valence-corrected chi connectivity index (χ4v) is 7.68. The first-order chi connectivity index (χ1) is 27.5. The first-order valence-corrected chi connectivity index (χ1v) is 24.1. The van der Waals surface area contributed by atoms with Gasteiger partial charge in [-0.1, -0.05) is 147 Å². The fraction of sp³-hybridized carbons (Fsp3) is 0.822. The van der Waals surface area contributed by atoms with E-state index in [0.29, 0.717) is 32.1 Å². The molecule has 0 saturated heterocycles. The van der Waals surface area contributed by atoms with Crippen LogP contribution in [-0.2, 0) is 28.2 Å². The molecule has 1 saturated carbocycles. The number of ether oxygens (including phenoxy) is 2. The third kappa shape index (κ3) is 30.8. The van der Waals surface area contributed by atoms with Crippen molar-refractivity contribution in [2.45, 2.75) is 212 Å². The van der Waals surface area contributed by atoms with Crippen molar-refractivity contribution < 1.29 is 53.3 Å². The highest BCUT2D eigenvalue weighted by Gasteiger charge is 2.39. The molecule has 0 amide bonds. The number of unbranched alkanes of at least 4 members (excludes halogenated alkanes) is 17. The highest BCUT2D eigenvalue weighted by Crippen LogP contribution is 2.38. The number of phosphoric acid groups is 1. The molecule has 0 aromatic rings. The van der Waals surface area contributed by atoms with Crippen molar-refractivity contribution in [3.63, 3.8) is 0 Å². The normalized spacial score (nSPS) is 19.9. The van der Waals surface area contributed by atoms with Gasteiger partial charge < -0.3 is 34.6 Å². The smallest absolute Gasteiger partial charge is 0.462 e. The molecule has 1 aliphatic rings. The summed E-state index contributed by atoms with van der Waals surface area (Å²) in [6.45, 7) is 3.39. The molecule has 0 aromatic carbocycles. The van der Waals surface area contributed by atoms with Crippen LogP contribution < -0.4 is 0 Å². The lowest BCUT2D eigenvalue weighted by Crippen LogP contribution is -2.29. The van der Waals surface area contributed by atoms with E-state index < -0.39 is 50.8 Å². The van der Waals surface area contributed by atoms with Crippen LogP contribution in [0.1, 0.15) is 187 Å². The van der Waals surface area contributed by atoms with Gasteiger partial charge in [0.25, 0.3) is 0 Å². The Labute approximate surface area is 345 Å². The van der Waals surface area contributed by atoms with Gasteiger partial charge in [0.15, 0.2) is 6.10 Å². The van der Waals surface area contributed by atoms with Crippen molar-refractivity contribution in [3.8, 4) is 0 Å². The lowest BCUT2D eigenvalue weighted by atomic mass is 9.88. The maximum atomic E-state index is 12.6. The quantitative estimate of drug-likeness (QED) is 0.0174. The lowest BCUT2D eigenvalue weighted by molar-refractivity contribution is -0.161. The van der Waals surface area contributed by atoms with E-state index in [1.165, 1.54) is 57.8 Å². The van der Waals surface area contributed by atoms with Crippen LogP contribution in [0.5, 0.6) is 0 Å². The summed E-state index contributed by atoms with van der Waals surface area (Å²) in [7, 11) is -4.82. The molecule has 0 heterocycles. The molecule has 0 aromatic heterocycles. The van der Waals surface area contributed by atoms with Gasteiger partial charge in [-0.3, -0.25) is 14.1 Å². The molecule has 0 aliphatic heterocycles. The zero-order chi connectivity index (χ0) is 42.0. The third-order valence-corrected chi connectivity index (χ3v) is 11.2. The summed E-state index contributed by atoms with van der Waals surface area (Å²) in [5, 5.41) is 31.3. The van der Waals surface area contributed by atoms with E-state index in [-0.39, 0.29) is 31.3 Å². The van der Waals surface area contributed by atoms with E-state index in [4.69, 9.17) is 19.3 Å². The summed E-state index contributed by atoms with van der Waals surface area (Å²) >= 11 is 0. The minimum absolute atomic E-state index is 0.0844. The highest BCUT2D eigenvalue weighted by molar-refractivity contribution is 7.46. The summed E-state index contributed by atoms with van der Waals surface area (Å²) in [6.07, 6.45) is 35.0. The van der Waals surface area contributed by atoms with Gasteiger partial charge in [-0.2, -0.15) is 0 Å². The Balaban J connectivity index is 2.22. The zero-order valence-electron chi connectivity index (χ0n) is 35.6. The number of aliphatic hydroxyl groups is 3. The molecule has 0 bridgehead atoms.